The monoisotopic (exact) mass is 767 g/mol. The van der Waals surface area contributed by atoms with Crippen molar-refractivity contribution in [2.45, 2.75) is 26.9 Å². The Kier molecular flexibility index (Phi) is 11.7. The van der Waals surface area contributed by atoms with E-state index in [1.165, 1.54) is 0 Å². The van der Waals surface area contributed by atoms with Crippen LogP contribution in [-0.2, 0) is 22.8 Å². The summed E-state index contributed by atoms with van der Waals surface area (Å²) in [5.74, 6) is 0. The molecule has 5 N–H and O–H groups in total. The molecule has 0 spiro atoms. The van der Waals surface area contributed by atoms with Crippen LogP contribution in [0.1, 0.15) is 36.4 Å². The van der Waals surface area contributed by atoms with Crippen LogP contribution in [0.3, 0.4) is 0 Å². The molecule has 57 heavy (non-hydrogen) atoms. The number of carbonyl (C=O) groups excluding carboxylic acids is 1. The number of oxime groups is 2. The molecule has 0 radical (unpaired) electrons. The van der Waals surface area contributed by atoms with Gasteiger partial charge in [0.25, 0.3) is 0 Å². The molecule has 8 rings (SSSR count). The lowest BCUT2D eigenvalue weighted by atomic mass is 10.1. The summed E-state index contributed by atoms with van der Waals surface area (Å²) in [5, 5.41) is 29.1. The third-order valence-electron chi connectivity index (χ3n) is 8.30. The van der Waals surface area contributed by atoms with Crippen LogP contribution in [0.5, 0.6) is 0 Å². The SMILES string of the molecule is C/C(=N\OCCN)c1cnc2nnn(Cc3ccc4ncccc4c3)c2n1.C/C(=N\OCCNC(N)=O)c1cnc2nnn(Cc3ccc4ncccc4c3)c2n1. The molecule has 288 valence electrons. The van der Waals surface area contributed by atoms with Crippen LogP contribution in [0, 0.1) is 0 Å². The van der Waals surface area contributed by atoms with Crippen molar-refractivity contribution >= 4 is 61.8 Å². The quantitative estimate of drug-likeness (QED) is 0.0866. The van der Waals surface area contributed by atoms with Gasteiger partial charge in [0.1, 0.15) is 36.0 Å². The maximum absolute atomic E-state index is 10.6. The van der Waals surface area contributed by atoms with E-state index >= 15 is 0 Å². The number of nitrogens with zero attached hydrogens (tertiary/aromatic N) is 14. The van der Waals surface area contributed by atoms with Crippen molar-refractivity contribution in [2.75, 3.05) is 26.3 Å². The zero-order chi connectivity index (χ0) is 39.6. The van der Waals surface area contributed by atoms with Crippen LogP contribution in [0.2, 0.25) is 0 Å². The minimum Gasteiger partial charge on any atom is -0.394 e. The summed E-state index contributed by atoms with van der Waals surface area (Å²) >= 11 is 0. The first-order valence-corrected chi connectivity index (χ1v) is 17.7. The summed E-state index contributed by atoms with van der Waals surface area (Å²) in [4.78, 5) is 47.4. The van der Waals surface area contributed by atoms with E-state index in [4.69, 9.17) is 21.1 Å². The van der Waals surface area contributed by atoms with Crippen LogP contribution < -0.4 is 16.8 Å². The average molecular weight is 768 g/mol. The number of urea groups is 1. The Morgan fingerprint density at radius 2 is 1.23 bits per heavy atom. The number of fused-ring (bicyclic) bond motifs is 4. The molecule has 0 unspecified atom stereocenters. The van der Waals surface area contributed by atoms with E-state index in [-0.39, 0.29) is 13.2 Å². The standard InChI is InChI=1S/C19H19N9O2.C18H18N8O/c1-12(26-30-8-7-22-19(20)29)16-10-23-17-18(24-16)28(27-25-17)11-13-4-5-15-14(9-13)3-2-6-21-15;1-12(24-27-8-6-19)16-10-21-17-18(22-16)26(25-23-17)11-13-4-5-15-14(9-13)3-2-7-20-15/h2-6,9-10H,7-8,11H2,1H3,(H3,20,22,29);2-5,7,9-10H,6,8,11,19H2,1H3/b26-12+;24-12+. The third kappa shape index (κ3) is 9.38. The number of primary amides is 1. The van der Waals surface area contributed by atoms with Gasteiger partial charge in [-0.3, -0.25) is 9.97 Å². The van der Waals surface area contributed by atoms with Gasteiger partial charge in [-0.25, -0.2) is 34.1 Å². The molecule has 2 amide bonds. The Labute approximate surface area is 324 Å². The molecule has 20 nitrogen and oxygen atoms in total. The molecular weight excluding hydrogens is 731 g/mol. The van der Waals surface area contributed by atoms with Crippen molar-refractivity contribution in [2.24, 2.45) is 21.8 Å². The summed E-state index contributed by atoms with van der Waals surface area (Å²) in [5.41, 5.74) is 18.7. The van der Waals surface area contributed by atoms with Gasteiger partial charge in [-0.1, -0.05) is 45.0 Å². The molecule has 20 heteroatoms. The second-order valence-electron chi connectivity index (χ2n) is 12.5. The lowest BCUT2D eigenvalue weighted by Crippen LogP contribution is -2.31. The molecule has 6 aromatic heterocycles. The van der Waals surface area contributed by atoms with Crippen molar-refractivity contribution in [3.8, 4) is 0 Å². The fourth-order valence-corrected chi connectivity index (χ4v) is 5.52. The van der Waals surface area contributed by atoms with Gasteiger partial charge in [-0.2, -0.15) is 0 Å². The zero-order valence-electron chi connectivity index (χ0n) is 31.0. The van der Waals surface area contributed by atoms with Gasteiger partial charge in [0.15, 0.2) is 11.3 Å². The fourth-order valence-electron chi connectivity index (χ4n) is 5.52. The number of carbonyl (C=O) groups is 1. The highest BCUT2D eigenvalue weighted by atomic mass is 16.6. The van der Waals surface area contributed by atoms with Crippen molar-refractivity contribution in [1.29, 1.82) is 0 Å². The van der Waals surface area contributed by atoms with Crippen molar-refractivity contribution < 1.29 is 14.5 Å². The van der Waals surface area contributed by atoms with E-state index in [9.17, 15) is 4.79 Å². The number of nitrogens with one attached hydrogen (secondary N) is 1. The number of pyridine rings is 2. The minimum absolute atomic E-state index is 0.187. The minimum atomic E-state index is -0.612. The van der Waals surface area contributed by atoms with E-state index in [1.807, 2.05) is 48.5 Å². The van der Waals surface area contributed by atoms with Crippen molar-refractivity contribution in [3.05, 3.63) is 108 Å². The molecule has 0 aliphatic heterocycles. The van der Waals surface area contributed by atoms with Gasteiger partial charge >= 0.3 is 6.03 Å². The molecule has 0 aliphatic carbocycles. The number of benzene rings is 2. The maximum atomic E-state index is 10.6. The second kappa shape index (κ2) is 17.7. The Morgan fingerprint density at radius 1 is 0.719 bits per heavy atom. The summed E-state index contributed by atoms with van der Waals surface area (Å²) in [6.07, 6.45) is 6.72. The lowest BCUT2D eigenvalue weighted by molar-refractivity contribution is 0.147. The normalized spacial score (nSPS) is 11.8. The number of nitrogens with two attached hydrogens (primary N) is 2. The molecular formula is C37H37N17O3. The first-order chi connectivity index (χ1) is 27.8. The van der Waals surface area contributed by atoms with Crippen molar-refractivity contribution in [1.82, 2.24) is 65.2 Å². The zero-order valence-corrected chi connectivity index (χ0v) is 31.0. The van der Waals surface area contributed by atoms with Gasteiger partial charge in [0, 0.05) is 29.7 Å². The van der Waals surface area contributed by atoms with E-state index in [0.29, 0.717) is 71.6 Å². The summed E-state index contributed by atoms with van der Waals surface area (Å²) < 4.78 is 3.41. The fraction of sp³-hybridized carbons (Fsp3) is 0.216. The number of hydrogen-bond donors (Lipinski definition) is 3. The third-order valence-corrected chi connectivity index (χ3v) is 8.30. The van der Waals surface area contributed by atoms with Gasteiger partial charge in [0.2, 0.25) is 11.3 Å². The molecule has 8 aromatic rings. The van der Waals surface area contributed by atoms with Gasteiger partial charge in [-0.15, -0.1) is 10.2 Å². The molecule has 0 fully saturated rings. The van der Waals surface area contributed by atoms with Crippen LogP contribution in [0.4, 0.5) is 4.79 Å². The molecule has 0 aliphatic rings. The van der Waals surface area contributed by atoms with Crippen LogP contribution in [0.25, 0.3) is 44.4 Å². The Balaban J connectivity index is 0.000000175. The summed E-state index contributed by atoms with van der Waals surface area (Å²) in [6, 6.07) is 19.4. The van der Waals surface area contributed by atoms with Gasteiger partial charge < -0.3 is 26.5 Å². The topological polar surface area (TPSA) is 263 Å². The molecule has 0 saturated carbocycles. The number of hydrogen-bond acceptors (Lipinski definition) is 16. The smallest absolute Gasteiger partial charge is 0.312 e. The summed E-state index contributed by atoms with van der Waals surface area (Å²) in [7, 11) is 0. The predicted molar refractivity (Wildman–Crippen MR) is 211 cm³/mol. The summed E-state index contributed by atoms with van der Waals surface area (Å²) in [6.45, 7) is 5.77. The first-order valence-electron chi connectivity index (χ1n) is 17.7. The second-order valence-corrected chi connectivity index (χ2v) is 12.5. The van der Waals surface area contributed by atoms with Crippen LogP contribution in [0.15, 0.2) is 95.8 Å². The molecule has 2 aromatic carbocycles. The highest BCUT2D eigenvalue weighted by Gasteiger charge is 2.13. The van der Waals surface area contributed by atoms with Crippen LogP contribution >= 0.6 is 0 Å². The van der Waals surface area contributed by atoms with E-state index in [2.05, 4.69) is 78.3 Å². The molecule has 0 atom stereocenters. The van der Waals surface area contributed by atoms with E-state index in [0.717, 1.165) is 32.9 Å². The maximum Gasteiger partial charge on any atom is 0.312 e. The number of amides is 2. The molecule has 0 saturated heterocycles. The lowest BCUT2D eigenvalue weighted by Gasteiger charge is -2.05. The number of rotatable bonds is 13. The first kappa shape index (κ1) is 37.7. The van der Waals surface area contributed by atoms with E-state index in [1.54, 1.807) is 48.0 Å². The van der Waals surface area contributed by atoms with Crippen molar-refractivity contribution in [3.63, 3.8) is 0 Å². The Bertz CT molecular complexity index is 2730. The largest absolute Gasteiger partial charge is 0.394 e. The van der Waals surface area contributed by atoms with E-state index < -0.39 is 6.03 Å². The predicted octanol–water partition coefficient (Wildman–Crippen LogP) is 2.74. The van der Waals surface area contributed by atoms with Crippen LogP contribution in [-0.4, -0.2) is 104 Å². The number of aromatic nitrogens is 12. The molecule has 6 heterocycles. The van der Waals surface area contributed by atoms with Gasteiger partial charge in [-0.05, 0) is 61.4 Å². The average Bonchev–Trinajstić information content (AvgIpc) is 3.83. The Morgan fingerprint density at radius 3 is 1.72 bits per heavy atom. The molecule has 0 bridgehead atoms. The van der Waals surface area contributed by atoms with Gasteiger partial charge in [0.05, 0.1) is 43.1 Å². The Hall–Kier alpha value is -7.61. The highest BCUT2D eigenvalue weighted by Crippen LogP contribution is 2.17. The highest BCUT2D eigenvalue weighted by molar-refractivity contribution is 5.97.